The van der Waals surface area contributed by atoms with Crippen LogP contribution in [0.2, 0.25) is 0 Å². The van der Waals surface area contributed by atoms with Gasteiger partial charge in [0.15, 0.2) is 0 Å². The third-order valence-electron chi connectivity index (χ3n) is 13.7. The van der Waals surface area contributed by atoms with Gasteiger partial charge in [0.05, 0.1) is 25.0 Å². The van der Waals surface area contributed by atoms with E-state index in [1.54, 1.807) is 23.6 Å². The summed E-state index contributed by atoms with van der Waals surface area (Å²) in [5.41, 5.74) is 9.14. The van der Waals surface area contributed by atoms with Crippen molar-refractivity contribution in [2.75, 3.05) is 0 Å². The molecule has 3 heterocycles. The minimum Gasteiger partial charge on any atom is -0.254 e. The highest BCUT2D eigenvalue weighted by Crippen LogP contribution is 2.56. The van der Waals surface area contributed by atoms with Crippen LogP contribution in [0.5, 0.6) is 0 Å². The summed E-state index contributed by atoms with van der Waals surface area (Å²) in [4.78, 5) is 11.9. The Bertz CT molecular complexity index is 4740. The number of pyridine rings is 2. The summed E-state index contributed by atoms with van der Waals surface area (Å²) in [6.45, 7) is 0. The molecular weight excluding hydrogens is 853 g/mol. The normalized spacial score (nSPS) is 13.0. The van der Waals surface area contributed by atoms with Crippen LogP contribution in [-0.2, 0) is 0 Å². The van der Waals surface area contributed by atoms with Crippen molar-refractivity contribution in [3.63, 3.8) is 0 Å². The largest absolute Gasteiger partial charge is 0.254 e. The number of nitrogens with zero attached hydrogens (tertiary/aromatic N) is 2. The van der Waals surface area contributed by atoms with Gasteiger partial charge in [-0.3, -0.25) is 4.98 Å². The molecule has 0 atom stereocenters. The van der Waals surface area contributed by atoms with E-state index in [4.69, 9.17) is 7.73 Å². The number of rotatable bonds is 6. The van der Waals surface area contributed by atoms with Crippen molar-refractivity contribution in [2.24, 2.45) is 0 Å². The van der Waals surface area contributed by atoms with Crippen molar-refractivity contribution < 1.29 is 8.22 Å². The van der Waals surface area contributed by atoms with Crippen molar-refractivity contribution >= 4 is 87.0 Å². The first-order chi connectivity index (χ1) is 36.7. The van der Waals surface area contributed by atoms with Crippen LogP contribution in [-0.4, -0.2) is 9.97 Å². The molecule has 0 unspecified atom stereocenters. The zero-order valence-corrected chi connectivity index (χ0v) is 37.7. The highest BCUT2D eigenvalue weighted by molar-refractivity contribution is 7.20. The van der Waals surface area contributed by atoms with Crippen molar-refractivity contribution in [1.29, 1.82) is 0 Å². The van der Waals surface area contributed by atoms with Gasteiger partial charge in [0.2, 0.25) is 0 Å². The second kappa shape index (κ2) is 16.0. The van der Waals surface area contributed by atoms with E-state index in [1.165, 1.54) is 0 Å². The van der Waals surface area contributed by atoms with E-state index in [1.807, 2.05) is 54.6 Å². The zero-order valence-electron chi connectivity index (χ0n) is 42.9. The fraction of sp³-hybridized carbons (Fsp3) is 0. The number of benzene rings is 11. The molecular formula is C66H40N2S. The van der Waals surface area contributed by atoms with Crippen LogP contribution in [0.15, 0.2) is 243 Å². The lowest BCUT2D eigenvalue weighted by atomic mass is 9.85. The Morgan fingerprint density at radius 2 is 0.754 bits per heavy atom. The molecule has 14 rings (SSSR count). The van der Waals surface area contributed by atoms with Crippen LogP contribution in [0.3, 0.4) is 0 Å². The van der Waals surface area contributed by atoms with Gasteiger partial charge in [0, 0.05) is 54.5 Å². The van der Waals surface area contributed by atoms with Gasteiger partial charge in [-0.2, -0.15) is 0 Å². The first-order valence-corrected chi connectivity index (χ1v) is 23.9. The lowest BCUT2D eigenvalue weighted by molar-refractivity contribution is 1.37. The summed E-state index contributed by atoms with van der Waals surface area (Å²) in [6.07, 6.45) is 1.71. The van der Waals surface area contributed by atoms with Gasteiger partial charge in [-0.15, -0.1) is 11.3 Å². The second-order valence-corrected chi connectivity index (χ2v) is 18.5. The van der Waals surface area contributed by atoms with Crippen LogP contribution in [0.4, 0.5) is 0 Å². The summed E-state index contributed by atoms with van der Waals surface area (Å²) in [5, 5.41) is 10.5. The van der Waals surface area contributed by atoms with Gasteiger partial charge in [0.1, 0.15) is 0 Å². The molecule has 2 nitrogen and oxygen atoms in total. The Hall–Kier alpha value is -8.76. The van der Waals surface area contributed by atoms with Crippen molar-refractivity contribution in [3.8, 4) is 65.5 Å². The standard InChI is InChI=1S/C66H40N2S/c1-4-22-46-41(15-1)18-11-29-56(46)61-62(57-30-12-19-42-16-2-5-23-47(42)57)66(69-65(61)58-31-13-20-43-17-3-6-24-48(43)58)59-38-36-54(50-26-8-10-28-52(50)59)53-35-37-55(51-27-9-7-25-49(51)53)60-39-34-45-33-32-44-21-14-40-67-63(44)64(45)68-60/h1-40H/i7D,9D,25D,27D,35D,37D. The molecule has 14 aromatic rings. The van der Waals surface area contributed by atoms with Crippen LogP contribution in [0, 0.1) is 0 Å². The number of thiophene rings is 1. The zero-order chi connectivity index (χ0) is 50.6. The quantitative estimate of drug-likeness (QED) is 0.155. The van der Waals surface area contributed by atoms with Crippen molar-refractivity contribution in [3.05, 3.63) is 243 Å². The van der Waals surface area contributed by atoms with Crippen LogP contribution in [0.1, 0.15) is 8.22 Å². The molecule has 0 saturated heterocycles. The lowest BCUT2D eigenvalue weighted by Gasteiger charge is -2.17. The fourth-order valence-corrected chi connectivity index (χ4v) is 12.0. The van der Waals surface area contributed by atoms with Gasteiger partial charge >= 0.3 is 0 Å². The molecule has 0 radical (unpaired) electrons. The van der Waals surface area contributed by atoms with E-state index in [2.05, 4.69) is 145 Å². The molecule has 0 aliphatic heterocycles. The number of aromatic nitrogens is 2. The molecule has 0 spiro atoms. The minimum atomic E-state index is -0.424. The Labute approximate surface area is 411 Å². The second-order valence-electron chi connectivity index (χ2n) is 17.5. The van der Waals surface area contributed by atoms with E-state index in [0.29, 0.717) is 22.3 Å². The summed E-state index contributed by atoms with van der Waals surface area (Å²) in [7, 11) is 0. The highest BCUT2D eigenvalue weighted by Gasteiger charge is 2.28. The van der Waals surface area contributed by atoms with E-state index in [9.17, 15) is 5.48 Å². The average Bonchev–Trinajstić information content (AvgIpc) is 3.86. The molecule has 3 aromatic heterocycles. The van der Waals surface area contributed by atoms with Crippen LogP contribution < -0.4 is 0 Å². The summed E-state index contributed by atoms with van der Waals surface area (Å²) >= 11 is 1.77. The van der Waals surface area contributed by atoms with E-state index >= 15 is 0 Å². The van der Waals surface area contributed by atoms with Crippen molar-refractivity contribution in [2.45, 2.75) is 0 Å². The minimum absolute atomic E-state index is 0.140. The van der Waals surface area contributed by atoms with E-state index in [-0.39, 0.29) is 46.1 Å². The average molecular weight is 899 g/mol. The molecule has 0 amide bonds. The maximum absolute atomic E-state index is 9.98. The molecule has 69 heavy (non-hydrogen) atoms. The third-order valence-corrected chi connectivity index (χ3v) is 14.9. The van der Waals surface area contributed by atoms with Gasteiger partial charge < -0.3 is 0 Å². The molecule has 0 N–H and O–H groups in total. The van der Waals surface area contributed by atoms with Gasteiger partial charge in [-0.25, -0.2) is 4.98 Å². The molecule has 0 aliphatic rings. The summed E-state index contributed by atoms with van der Waals surface area (Å²) < 4.78 is 56.9. The predicted molar refractivity (Wildman–Crippen MR) is 295 cm³/mol. The van der Waals surface area contributed by atoms with Crippen LogP contribution in [0.25, 0.3) is 141 Å². The first-order valence-electron chi connectivity index (χ1n) is 26.1. The Morgan fingerprint density at radius 3 is 1.39 bits per heavy atom. The maximum atomic E-state index is 9.98. The van der Waals surface area contributed by atoms with Gasteiger partial charge in [-0.05, 0) is 88.2 Å². The summed E-state index contributed by atoms with van der Waals surface area (Å²) in [5.74, 6) is 0. The molecule has 0 aliphatic carbocycles. The number of hydrogen-bond acceptors (Lipinski definition) is 3. The van der Waals surface area contributed by atoms with Crippen molar-refractivity contribution in [1.82, 2.24) is 9.97 Å². The number of fused-ring (bicyclic) bond motifs is 8. The molecule has 0 bridgehead atoms. The Balaban J connectivity index is 1.09. The monoisotopic (exact) mass is 898 g/mol. The molecule has 11 aromatic carbocycles. The SMILES string of the molecule is [2H]c1c([2H])c([2H])c2c(-c3ccc(-c4sc(-c5cccc6ccccc56)c(-c5cccc6ccccc56)c4-c4cccc5ccccc45)c4ccccc34)c([2H])c([2H])c(-c3ccc4ccc5cccnc5c4n3)c2c1[2H]. The summed E-state index contributed by atoms with van der Waals surface area (Å²) in [6, 6.07) is 67.2. The number of hydrogen-bond donors (Lipinski definition) is 0. The van der Waals surface area contributed by atoms with E-state index in [0.717, 1.165) is 97.0 Å². The fourth-order valence-electron chi connectivity index (χ4n) is 10.5. The van der Waals surface area contributed by atoms with E-state index < -0.39 is 12.1 Å². The lowest BCUT2D eigenvalue weighted by Crippen LogP contribution is -1.92. The predicted octanol–water partition coefficient (Wildman–Crippen LogP) is 18.6. The topological polar surface area (TPSA) is 25.8 Å². The van der Waals surface area contributed by atoms with Gasteiger partial charge in [0.25, 0.3) is 0 Å². The highest BCUT2D eigenvalue weighted by atomic mass is 32.1. The van der Waals surface area contributed by atoms with Crippen LogP contribution >= 0.6 is 11.3 Å². The Morgan fingerprint density at radius 1 is 0.304 bits per heavy atom. The molecule has 0 saturated carbocycles. The molecule has 320 valence electrons. The maximum Gasteiger partial charge on any atom is 0.0972 e. The van der Waals surface area contributed by atoms with Gasteiger partial charge in [-0.1, -0.05) is 224 Å². The smallest absolute Gasteiger partial charge is 0.0972 e. The first kappa shape index (κ1) is 33.7. The Kier molecular flexibility index (Phi) is 7.78. The molecule has 0 fully saturated rings. The third kappa shape index (κ3) is 6.32. The molecule has 3 heteroatoms.